The van der Waals surface area contributed by atoms with E-state index in [4.69, 9.17) is 4.74 Å². The summed E-state index contributed by atoms with van der Waals surface area (Å²) in [5.74, 6) is -0.376. The van der Waals surface area contributed by atoms with Gasteiger partial charge in [0.1, 0.15) is 5.75 Å². The number of carbonyl (C=O) groups is 2. The van der Waals surface area contributed by atoms with Gasteiger partial charge in [0.05, 0.1) is 22.5 Å². The van der Waals surface area contributed by atoms with Gasteiger partial charge in [-0.15, -0.1) is 0 Å². The van der Waals surface area contributed by atoms with Gasteiger partial charge in [0.25, 0.3) is 5.91 Å². The zero-order valence-corrected chi connectivity index (χ0v) is 19.1. The van der Waals surface area contributed by atoms with Crippen LogP contribution in [0.4, 0.5) is 5.69 Å². The summed E-state index contributed by atoms with van der Waals surface area (Å²) < 4.78 is 33.3. The highest BCUT2D eigenvalue weighted by molar-refractivity contribution is 7.89. The fraction of sp³-hybridized carbons (Fsp3) is 0.417. The van der Waals surface area contributed by atoms with Crippen molar-refractivity contribution in [3.8, 4) is 5.75 Å². The zero-order valence-electron chi connectivity index (χ0n) is 18.2. The van der Waals surface area contributed by atoms with Crippen LogP contribution >= 0.6 is 0 Å². The third-order valence-corrected chi connectivity index (χ3v) is 8.52. The van der Waals surface area contributed by atoms with Gasteiger partial charge in [-0.3, -0.25) is 9.59 Å². The summed E-state index contributed by atoms with van der Waals surface area (Å²) in [6, 6.07) is 12.6. The maximum atomic E-state index is 13.3. The van der Waals surface area contributed by atoms with Crippen molar-refractivity contribution < 1.29 is 22.7 Å². The van der Waals surface area contributed by atoms with Gasteiger partial charge >= 0.3 is 0 Å². The van der Waals surface area contributed by atoms with Crippen LogP contribution in [0.15, 0.2) is 47.4 Å². The molecular formula is C24H27N3O5S. The van der Waals surface area contributed by atoms with E-state index in [1.165, 1.54) is 22.0 Å². The molecule has 1 fully saturated rings. The molecular weight excluding hydrogens is 442 g/mol. The van der Waals surface area contributed by atoms with Crippen LogP contribution in [0.5, 0.6) is 5.75 Å². The number of aryl methyl sites for hydroxylation is 1. The van der Waals surface area contributed by atoms with Crippen LogP contribution in [0.1, 0.15) is 42.9 Å². The van der Waals surface area contributed by atoms with Crippen molar-refractivity contribution in [3.63, 3.8) is 0 Å². The molecule has 0 saturated carbocycles. The highest BCUT2D eigenvalue weighted by Gasteiger charge is 2.35. The Balaban J connectivity index is 1.30. The van der Waals surface area contributed by atoms with E-state index >= 15 is 0 Å². The highest BCUT2D eigenvalue weighted by atomic mass is 32.2. The molecule has 0 aromatic heterocycles. The Labute approximate surface area is 193 Å². The van der Waals surface area contributed by atoms with E-state index in [1.54, 1.807) is 6.07 Å². The second-order valence-corrected chi connectivity index (χ2v) is 10.8. The topological polar surface area (TPSA) is 105 Å². The minimum atomic E-state index is -3.81. The van der Waals surface area contributed by atoms with Crippen molar-refractivity contribution in [2.24, 2.45) is 5.92 Å². The standard InChI is InChI=1S/C24H27N3O5S/c28-23-15-32-22-11-10-18(13-21(22)25-23)33(30,31)27-12-4-7-17(14-27)24(29)26-20-9-3-6-16-5-1-2-8-19(16)20/h1-2,5,8,10-11,13,17,20H,3-4,6-7,9,12,14-15H2,(H,25,28)(H,26,29). The number of benzene rings is 2. The van der Waals surface area contributed by atoms with E-state index in [0.717, 1.165) is 24.8 Å². The van der Waals surface area contributed by atoms with Crippen molar-refractivity contribution in [3.05, 3.63) is 53.6 Å². The Kier molecular flexibility index (Phi) is 5.84. The van der Waals surface area contributed by atoms with Gasteiger partial charge in [-0.05, 0) is 61.4 Å². The number of sulfonamides is 1. The van der Waals surface area contributed by atoms with Crippen molar-refractivity contribution in [1.29, 1.82) is 0 Å². The maximum absolute atomic E-state index is 13.3. The van der Waals surface area contributed by atoms with Gasteiger partial charge in [-0.2, -0.15) is 4.31 Å². The summed E-state index contributed by atoms with van der Waals surface area (Å²) in [5, 5.41) is 5.82. The summed E-state index contributed by atoms with van der Waals surface area (Å²) in [7, 11) is -3.81. The molecule has 2 N–H and O–H groups in total. The minimum Gasteiger partial charge on any atom is -0.482 e. The van der Waals surface area contributed by atoms with Crippen LogP contribution in [-0.2, 0) is 26.0 Å². The van der Waals surface area contributed by atoms with Crippen LogP contribution in [0, 0.1) is 5.92 Å². The smallest absolute Gasteiger partial charge is 0.262 e. The first kappa shape index (κ1) is 21.9. The molecule has 2 aromatic carbocycles. The number of anilines is 1. The van der Waals surface area contributed by atoms with E-state index in [2.05, 4.69) is 22.8 Å². The van der Waals surface area contributed by atoms with Crippen molar-refractivity contribution in [2.75, 3.05) is 25.0 Å². The molecule has 1 saturated heterocycles. The third kappa shape index (κ3) is 4.35. The second-order valence-electron chi connectivity index (χ2n) is 8.85. The normalized spacial score (nSPS) is 23.0. The molecule has 2 unspecified atom stereocenters. The van der Waals surface area contributed by atoms with Crippen LogP contribution in [0.25, 0.3) is 0 Å². The number of amides is 2. The van der Waals surface area contributed by atoms with E-state index in [0.29, 0.717) is 30.8 Å². The van der Waals surface area contributed by atoms with Gasteiger partial charge in [-0.25, -0.2) is 8.42 Å². The fourth-order valence-electron chi connectivity index (χ4n) is 4.94. The summed E-state index contributed by atoms with van der Waals surface area (Å²) in [4.78, 5) is 24.8. The lowest BCUT2D eigenvalue weighted by atomic mass is 9.87. The molecule has 1 aliphatic carbocycles. The van der Waals surface area contributed by atoms with Crippen molar-refractivity contribution >= 4 is 27.5 Å². The fourth-order valence-corrected chi connectivity index (χ4v) is 6.49. The van der Waals surface area contributed by atoms with Crippen LogP contribution in [0.2, 0.25) is 0 Å². The molecule has 5 rings (SSSR count). The summed E-state index contributed by atoms with van der Waals surface area (Å²) in [5.41, 5.74) is 2.77. The second kappa shape index (κ2) is 8.79. The minimum absolute atomic E-state index is 0.0290. The van der Waals surface area contributed by atoms with Gasteiger partial charge in [0.15, 0.2) is 6.61 Å². The number of carbonyl (C=O) groups excluding carboxylic acids is 2. The Hall–Kier alpha value is -2.91. The Bertz CT molecular complexity index is 1200. The molecule has 2 atom stereocenters. The van der Waals surface area contributed by atoms with Crippen LogP contribution in [0.3, 0.4) is 0 Å². The predicted octanol–water partition coefficient (Wildman–Crippen LogP) is 2.61. The van der Waals surface area contributed by atoms with Crippen molar-refractivity contribution in [2.45, 2.75) is 43.0 Å². The average molecular weight is 470 g/mol. The monoisotopic (exact) mass is 469 g/mol. The molecule has 2 amide bonds. The zero-order chi connectivity index (χ0) is 23.0. The van der Waals surface area contributed by atoms with Gasteiger partial charge in [0.2, 0.25) is 15.9 Å². The average Bonchev–Trinajstić information content (AvgIpc) is 2.84. The Morgan fingerprint density at radius 3 is 2.85 bits per heavy atom. The molecule has 2 aromatic rings. The first-order valence-electron chi connectivity index (χ1n) is 11.4. The molecule has 2 heterocycles. The SMILES string of the molecule is O=C1COc2ccc(S(=O)(=O)N3CCCC(C(=O)NC4CCCc5ccccc54)C3)cc2N1. The number of hydrogen-bond acceptors (Lipinski definition) is 5. The molecule has 174 valence electrons. The molecule has 0 radical (unpaired) electrons. The molecule has 0 spiro atoms. The maximum Gasteiger partial charge on any atom is 0.262 e. The number of rotatable bonds is 4. The first-order chi connectivity index (χ1) is 15.9. The van der Waals surface area contributed by atoms with Gasteiger partial charge < -0.3 is 15.4 Å². The summed E-state index contributed by atoms with van der Waals surface area (Å²) >= 11 is 0. The molecule has 0 bridgehead atoms. The van der Waals surface area contributed by atoms with E-state index in [-0.39, 0.29) is 35.9 Å². The third-order valence-electron chi connectivity index (χ3n) is 6.66. The predicted molar refractivity (Wildman–Crippen MR) is 122 cm³/mol. The number of hydrogen-bond donors (Lipinski definition) is 2. The number of nitrogens with zero attached hydrogens (tertiary/aromatic N) is 1. The lowest BCUT2D eigenvalue weighted by Crippen LogP contribution is -2.46. The van der Waals surface area contributed by atoms with E-state index < -0.39 is 15.9 Å². The first-order valence-corrected chi connectivity index (χ1v) is 12.8. The van der Waals surface area contributed by atoms with Gasteiger partial charge in [-0.1, -0.05) is 24.3 Å². The molecule has 9 heteroatoms. The largest absolute Gasteiger partial charge is 0.482 e. The molecule has 2 aliphatic heterocycles. The number of nitrogens with one attached hydrogen (secondary N) is 2. The number of ether oxygens (including phenoxy) is 1. The highest BCUT2D eigenvalue weighted by Crippen LogP contribution is 2.33. The van der Waals surface area contributed by atoms with E-state index in [9.17, 15) is 18.0 Å². The molecule has 33 heavy (non-hydrogen) atoms. The van der Waals surface area contributed by atoms with Gasteiger partial charge in [0, 0.05) is 13.1 Å². The van der Waals surface area contributed by atoms with Crippen LogP contribution < -0.4 is 15.4 Å². The molecule has 3 aliphatic rings. The molecule has 8 nitrogen and oxygen atoms in total. The number of piperidine rings is 1. The lowest BCUT2D eigenvalue weighted by Gasteiger charge is -2.33. The lowest BCUT2D eigenvalue weighted by molar-refractivity contribution is -0.127. The van der Waals surface area contributed by atoms with Crippen LogP contribution in [-0.4, -0.2) is 44.2 Å². The quantitative estimate of drug-likeness (QED) is 0.716. The Morgan fingerprint density at radius 2 is 1.97 bits per heavy atom. The van der Waals surface area contributed by atoms with Crippen molar-refractivity contribution in [1.82, 2.24) is 9.62 Å². The summed E-state index contributed by atoms with van der Waals surface area (Å²) in [6.07, 6.45) is 4.19. The summed E-state index contributed by atoms with van der Waals surface area (Å²) in [6.45, 7) is 0.411. The Morgan fingerprint density at radius 1 is 1.12 bits per heavy atom. The van der Waals surface area contributed by atoms with E-state index in [1.807, 2.05) is 12.1 Å². The number of fused-ring (bicyclic) bond motifs is 2.